The van der Waals surface area contributed by atoms with Crippen molar-refractivity contribution in [1.82, 2.24) is 5.32 Å². The second-order valence-corrected chi connectivity index (χ2v) is 6.47. The topological polar surface area (TPSA) is 73.9 Å². The minimum Gasteiger partial charge on any atom is -0.496 e. The Balaban J connectivity index is 1.75. The molecule has 6 nitrogen and oxygen atoms in total. The van der Waals surface area contributed by atoms with Crippen LogP contribution in [0.5, 0.6) is 5.75 Å². The van der Waals surface area contributed by atoms with Crippen molar-refractivity contribution < 1.29 is 23.8 Å². The molecule has 0 aliphatic heterocycles. The van der Waals surface area contributed by atoms with E-state index in [4.69, 9.17) is 14.2 Å². The van der Waals surface area contributed by atoms with Gasteiger partial charge in [-0.25, -0.2) is 9.59 Å². The third-order valence-corrected chi connectivity index (χ3v) is 4.58. The molecule has 0 spiro atoms. The van der Waals surface area contributed by atoms with Gasteiger partial charge < -0.3 is 19.5 Å². The van der Waals surface area contributed by atoms with Gasteiger partial charge in [-0.05, 0) is 16.5 Å². The summed E-state index contributed by atoms with van der Waals surface area (Å²) in [5.41, 5.74) is 1.64. The Labute approximate surface area is 169 Å². The van der Waals surface area contributed by atoms with Crippen molar-refractivity contribution in [3.8, 4) is 5.75 Å². The van der Waals surface area contributed by atoms with Gasteiger partial charge in [0, 0.05) is 11.8 Å². The lowest BCUT2D eigenvalue weighted by molar-refractivity contribution is -0.143. The maximum absolute atomic E-state index is 12.3. The number of esters is 1. The average molecular weight is 393 g/mol. The molecule has 0 fully saturated rings. The number of carbonyl (C=O) groups is 2. The Bertz CT molecular complexity index is 987. The fraction of sp³-hybridized carbons (Fsp3) is 0.217. The molecule has 0 saturated carbocycles. The van der Waals surface area contributed by atoms with Crippen LogP contribution in [0.3, 0.4) is 0 Å². The number of hydrogen-bond acceptors (Lipinski definition) is 5. The molecule has 3 rings (SSSR count). The van der Waals surface area contributed by atoms with Crippen LogP contribution in [0.15, 0.2) is 66.7 Å². The zero-order chi connectivity index (χ0) is 20.6. The molecule has 6 heteroatoms. The van der Waals surface area contributed by atoms with Crippen molar-refractivity contribution in [1.29, 1.82) is 0 Å². The van der Waals surface area contributed by atoms with Crippen LogP contribution in [0.1, 0.15) is 11.1 Å². The number of amides is 1. The molecular weight excluding hydrogens is 370 g/mol. The highest BCUT2D eigenvalue weighted by atomic mass is 16.6. The van der Waals surface area contributed by atoms with E-state index in [0.29, 0.717) is 5.75 Å². The van der Waals surface area contributed by atoms with Gasteiger partial charge in [-0.15, -0.1) is 0 Å². The van der Waals surface area contributed by atoms with Gasteiger partial charge in [0.1, 0.15) is 18.4 Å². The minimum absolute atomic E-state index is 0.111. The molecule has 29 heavy (non-hydrogen) atoms. The standard InChI is InChI=1S/C23H23NO5/c1-27-21-18(13-12-17-10-6-7-11-19(17)21)14-20(22(25)28-2)24-23(26)29-15-16-8-4-3-5-9-16/h3-13,20H,14-15H2,1-2H3,(H,24,26)/t20-/m1/s1. The number of alkyl carbamates (subject to hydrolysis) is 1. The van der Waals surface area contributed by atoms with Gasteiger partial charge in [-0.1, -0.05) is 66.7 Å². The summed E-state index contributed by atoms with van der Waals surface area (Å²) < 4.78 is 15.7. The van der Waals surface area contributed by atoms with Crippen LogP contribution in [-0.4, -0.2) is 32.3 Å². The summed E-state index contributed by atoms with van der Waals surface area (Å²) in [5, 5.41) is 4.55. The van der Waals surface area contributed by atoms with Crippen LogP contribution in [0.25, 0.3) is 10.8 Å². The van der Waals surface area contributed by atoms with Gasteiger partial charge in [0.15, 0.2) is 0 Å². The molecular formula is C23H23NO5. The summed E-state index contributed by atoms with van der Waals surface area (Å²) in [6.45, 7) is 0.111. The molecule has 3 aromatic carbocycles. The van der Waals surface area contributed by atoms with Crippen molar-refractivity contribution in [2.24, 2.45) is 0 Å². The van der Waals surface area contributed by atoms with Crippen LogP contribution < -0.4 is 10.1 Å². The highest BCUT2D eigenvalue weighted by Crippen LogP contribution is 2.30. The van der Waals surface area contributed by atoms with Crippen LogP contribution >= 0.6 is 0 Å². The van der Waals surface area contributed by atoms with Gasteiger partial charge in [-0.3, -0.25) is 0 Å². The molecule has 0 aromatic heterocycles. The van der Waals surface area contributed by atoms with Crippen LogP contribution in [0.4, 0.5) is 4.79 Å². The van der Waals surface area contributed by atoms with Gasteiger partial charge in [-0.2, -0.15) is 0 Å². The predicted octanol–water partition coefficient (Wildman–Crippen LogP) is 3.86. The number of carbonyl (C=O) groups excluding carboxylic acids is 2. The number of methoxy groups -OCH3 is 2. The van der Waals surface area contributed by atoms with E-state index in [2.05, 4.69) is 5.32 Å². The Kier molecular flexibility index (Phi) is 6.68. The Morgan fingerprint density at radius 2 is 1.66 bits per heavy atom. The van der Waals surface area contributed by atoms with E-state index in [9.17, 15) is 9.59 Å². The normalized spacial score (nSPS) is 11.5. The SMILES string of the molecule is COC(=O)[C@@H](Cc1ccc2ccccc2c1OC)NC(=O)OCc1ccccc1. The van der Waals surface area contributed by atoms with Crippen LogP contribution in [-0.2, 0) is 27.3 Å². The largest absolute Gasteiger partial charge is 0.496 e. The van der Waals surface area contributed by atoms with E-state index in [-0.39, 0.29) is 13.0 Å². The molecule has 1 N–H and O–H groups in total. The highest BCUT2D eigenvalue weighted by Gasteiger charge is 2.24. The lowest BCUT2D eigenvalue weighted by Crippen LogP contribution is -2.43. The lowest BCUT2D eigenvalue weighted by atomic mass is 10.00. The number of rotatable bonds is 7. The number of benzene rings is 3. The maximum atomic E-state index is 12.3. The monoisotopic (exact) mass is 393 g/mol. The van der Waals surface area contributed by atoms with Crippen molar-refractivity contribution in [3.63, 3.8) is 0 Å². The van der Waals surface area contributed by atoms with Crippen molar-refractivity contribution in [2.45, 2.75) is 19.1 Å². The summed E-state index contributed by atoms with van der Waals surface area (Å²) in [7, 11) is 2.86. The Hall–Kier alpha value is -3.54. The number of nitrogens with one attached hydrogen (secondary N) is 1. The second kappa shape index (κ2) is 9.59. The van der Waals surface area contributed by atoms with Crippen molar-refractivity contribution >= 4 is 22.8 Å². The first-order valence-corrected chi connectivity index (χ1v) is 9.22. The van der Waals surface area contributed by atoms with Crippen LogP contribution in [0.2, 0.25) is 0 Å². The van der Waals surface area contributed by atoms with E-state index >= 15 is 0 Å². The van der Waals surface area contributed by atoms with Gasteiger partial charge >= 0.3 is 12.1 Å². The molecule has 0 aliphatic carbocycles. The third kappa shape index (κ3) is 5.04. The predicted molar refractivity (Wildman–Crippen MR) is 110 cm³/mol. The molecule has 0 aliphatic rings. The smallest absolute Gasteiger partial charge is 0.408 e. The Morgan fingerprint density at radius 1 is 0.931 bits per heavy atom. The summed E-state index contributed by atoms with van der Waals surface area (Å²) >= 11 is 0. The third-order valence-electron chi connectivity index (χ3n) is 4.58. The fourth-order valence-electron chi connectivity index (χ4n) is 3.15. The average Bonchev–Trinajstić information content (AvgIpc) is 2.77. The summed E-state index contributed by atoms with van der Waals surface area (Å²) in [6, 6.07) is 20.0. The molecule has 3 aromatic rings. The summed E-state index contributed by atoms with van der Waals surface area (Å²) in [4.78, 5) is 24.5. The maximum Gasteiger partial charge on any atom is 0.408 e. The number of hydrogen-bond donors (Lipinski definition) is 1. The number of fused-ring (bicyclic) bond motifs is 1. The quantitative estimate of drug-likeness (QED) is 0.617. The molecule has 1 amide bonds. The second-order valence-electron chi connectivity index (χ2n) is 6.47. The molecule has 0 unspecified atom stereocenters. The van der Waals surface area contributed by atoms with E-state index < -0.39 is 18.1 Å². The number of ether oxygens (including phenoxy) is 3. The van der Waals surface area contributed by atoms with Gasteiger partial charge in [0.25, 0.3) is 0 Å². The lowest BCUT2D eigenvalue weighted by Gasteiger charge is -2.19. The summed E-state index contributed by atoms with van der Waals surface area (Å²) in [5.74, 6) is 0.105. The van der Waals surface area contributed by atoms with E-state index in [0.717, 1.165) is 21.9 Å². The summed E-state index contributed by atoms with van der Waals surface area (Å²) in [6.07, 6.45) is -0.481. The first-order valence-electron chi connectivity index (χ1n) is 9.22. The molecule has 0 heterocycles. The molecule has 0 saturated heterocycles. The highest BCUT2D eigenvalue weighted by molar-refractivity contribution is 5.90. The van der Waals surface area contributed by atoms with Crippen molar-refractivity contribution in [3.05, 3.63) is 77.9 Å². The van der Waals surface area contributed by atoms with Gasteiger partial charge in [0.2, 0.25) is 0 Å². The van der Waals surface area contributed by atoms with Crippen LogP contribution in [0, 0.1) is 0 Å². The van der Waals surface area contributed by atoms with Crippen molar-refractivity contribution in [2.75, 3.05) is 14.2 Å². The molecule has 0 bridgehead atoms. The van der Waals surface area contributed by atoms with Gasteiger partial charge in [0.05, 0.1) is 14.2 Å². The minimum atomic E-state index is -0.904. The van der Waals surface area contributed by atoms with E-state index in [1.807, 2.05) is 66.7 Å². The van der Waals surface area contributed by atoms with E-state index in [1.54, 1.807) is 7.11 Å². The fourth-order valence-corrected chi connectivity index (χ4v) is 3.15. The first-order chi connectivity index (χ1) is 14.1. The zero-order valence-corrected chi connectivity index (χ0v) is 16.4. The van der Waals surface area contributed by atoms with E-state index in [1.165, 1.54) is 7.11 Å². The molecule has 0 radical (unpaired) electrons. The molecule has 150 valence electrons. The molecule has 1 atom stereocenters. The first kappa shape index (κ1) is 20.2. The zero-order valence-electron chi connectivity index (χ0n) is 16.4. The Morgan fingerprint density at radius 3 is 2.38 bits per heavy atom.